The minimum atomic E-state index is -0.819. The largest absolute Gasteiger partial charge is 0.394 e. The molecule has 0 unspecified atom stereocenters. The molecule has 0 atom stereocenters. The number of hydrogen-bond acceptors (Lipinski definition) is 29. The number of para-hydroxylation sites is 1. The number of aliphatic hydroxyl groups excluding tert-OH is 1. The maximum Gasteiger partial charge on any atom is 0.156 e. The van der Waals surface area contributed by atoms with E-state index in [9.17, 15) is 0 Å². The van der Waals surface area contributed by atoms with Crippen LogP contribution < -0.4 is 5.32 Å². The molecule has 0 bridgehead atoms. The van der Waals surface area contributed by atoms with Gasteiger partial charge in [-0.3, -0.25) is 0 Å². The molecule has 0 saturated carbocycles. The molecule has 4 aromatic carbocycles. The highest BCUT2D eigenvalue weighted by Crippen LogP contribution is 2.42. The number of nitrogens with one attached hydrogen (secondary N) is 1. The Balaban J connectivity index is 0.615. The van der Waals surface area contributed by atoms with Crippen LogP contribution in [0.2, 0.25) is 0 Å². The first-order valence-corrected chi connectivity index (χ1v) is 40.3. The van der Waals surface area contributed by atoms with Gasteiger partial charge in [0, 0.05) is 12.0 Å². The van der Waals surface area contributed by atoms with Gasteiger partial charge in [-0.15, -0.1) is 0 Å². The van der Waals surface area contributed by atoms with Crippen LogP contribution in [-0.2, 0) is 137 Å². The minimum Gasteiger partial charge on any atom is -0.394 e. The molecule has 114 heavy (non-hydrogen) atoms. The Morgan fingerprint density at radius 2 is 0.544 bits per heavy atom. The maximum absolute atomic E-state index is 8.63. The average molecular weight is 1610 g/mol. The molecule has 0 fully saturated rings. The molecular weight excluding hydrogens is 1480 g/mol. The number of benzene rings is 4. The molecule has 0 spiro atoms. The van der Waals surface area contributed by atoms with Gasteiger partial charge in [-0.05, 0) is 43.5 Å². The van der Waals surface area contributed by atoms with E-state index in [4.69, 9.17) is 133 Å². The molecule has 30 heteroatoms. The molecule has 0 radical (unpaired) electrons. The molecule has 6 aromatic rings. The van der Waals surface area contributed by atoms with Crippen molar-refractivity contribution < 1.29 is 124 Å². The van der Waals surface area contributed by atoms with Crippen LogP contribution in [0, 0.1) is 0 Å². The lowest BCUT2D eigenvalue weighted by Gasteiger charge is -2.37. The fourth-order valence-electron chi connectivity index (χ4n) is 11.2. The normalized spacial score (nSPS) is 12.1. The predicted octanol–water partition coefficient (Wildman–Crippen LogP) is 7.69. The molecule has 0 aliphatic rings. The van der Waals surface area contributed by atoms with Gasteiger partial charge in [-0.2, -0.15) is 0 Å². The number of pyridine rings is 1. The summed E-state index contributed by atoms with van der Waals surface area (Å²) in [5.41, 5.74) is 4.33. The van der Waals surface area contributed by atoms with Gasteiger partial charge in [0.25, 0.3) is 0 Å². The van der Waals surface area contributed by atoms with Crippen molar-refractivity contribution in [2.45, 2.75) is 45.1 Å². The van der Waals surface area contributed by atoms with Gasteiger partial charge in [0.15, 0.2) is 5.82 Å². The number of fused-ring (bicyclic) bond motifs is 3. The zero-order valence-electron chi connectivity index (χ0n) is 68.0. The van der Waals surface area contributed by atoms with Crippen molar-refractivity contribution in [3.8, 4) is 0 Å². The second-order valence-corrected chi connectivity index (χ2v) is 25.8. The summed E-state index contributed by atoms with van der Waals surface area (Å²) < 4.78 is 142. The number of anilines is 1. The molecular formula is C84H132N4O26. The third kappa shape index (κ3) is 44.4. The second kappa shape index (κ2) is 67.4. The van der Waals surface area contributed by atoms with E-state index >= 15 is 0 Å². The fraction of sp³-hybridized carbons (Fsp3) is 0.667. The maximum atomic E-state index is 8.63. The summed E-state index contributed by atoms with van der Waals surface area (Å²) in [5.74, 6) is 1.45. The van der Waals surface area contributed by atoms with Gasteiger partial charge < -0.3 is 133 Å². The van der Waals surface area contributed by atoms with E-state index < -0.39 is 11.1 Å². The number of imidazole rings is 1. The zero-order chi connectivity index (χ0) is 80.1. The predicted molar refractivity (Wildman–Crippen MR) is 429 cm³/mol. The van der Waals surface area contributed by atoms with E-state index in [1.807, 2.05) is 37.3 Å². The van der Waals surface area contributed by atoms with Crippen LogP contribution in [0.5, 0.6) is 0 Å². The van der Waals surface area contributed by atoms with Crippen molar-refractivity contribution >= 4 is 27.8 Å². The standard InChI is InChI=1S/C84H132N4O26/c1-4-90-72-79-86-80-81(77-22-14-15-23-78(77)85-82(80)87-84(74-16-8-5-9-17-74,75-18-10-6-11-19-75)76-20-12-7-13-21-76)88(79)73-83(2,3)114-71-70-113-69-68-112-67-66-111-65-64-110-63-62-109-61-60-108-59-58-107-57-56-106-55-54-105-53-52-104-51-50-103-49-48-102-47-46-101-45-44-100-43-42-99-41-40-98-39-38-97-37-36-96-35-34-95-33-32-94-31-30-93-29-28-92-27-26-91-25-24-89/h5-23,89H,4,24-73H2,1-3H3,(H,85,87). The molecule has 2 N–H and O–H groups in total. The summed E-state index contributed by atoms with van der Waals surface area (Å²) in [6.07, 6.45) is 0. The van der Waals surface area contributed by atoms with E-state index in [-0.39, 0.29) is 6.61 Å². The van der Waals surface area contributed by atoms with E-state index in [2.05, 4.69) is 109 Å². The zero-order valence-corrected chi connectivity index (χ0v) is 68.0. The van der Waals surface area contributed by atoms with Gasteiger partial charge >= 0.3 is 0 Å². The van der Waals surface area contributed by atoms with E-state index in [1.54, 1.807) is 0 Å². The molecule has 0 aliphatic heterocycles. The quantitative estimate of drug-likeness (QED) is 0.0273. The van der Waals surface area contributed by atoms with Crippen LogP contribution in [0.3, 0.4) is 0 Å². The first-order chi connectivity index (χ1) is 56.5. The van der Waals surface area contributed by atoms with Crippen LogP contribution in [-0.4, -0.2) is 349 Å². The lowest BCUT2D eigenvalue weighted by atomic mass is 9.77. The van der Waals surface area contributed by atoms with E-state index in [0.29, 0.717) is 336 Å². The summed E-state index contributed by atoms with van der Waals surface area (Å²) in [5, 5.41) is 13.6. The van der Waals surface area contributed by atoms with Crippen LogP contribution in [0.4, 0.5) is 5.82 Å². The Hall–Kier alpha value is -5.48. The lowest BCUT2D eigenvalue weighted by Crippen LogP contribution is -2.38. The average Bonchev–Trinajstić information content (AvgIpc) is 1.63. The Morgan fingerprint density at radius 1 is 0.298 bits per heavy atom. The van der Waals surface area contributed by atoms with Crippen molar-refractivity contribution in [1.82, 2.24) is 14.5 Å². The Morgan fingerprint density at radius 3 is 0.807 bits per heavy atom. The molecule has 0 amide bonds. The monoisotopic (exact) mass is 1610 g/mol. The van der Waals surface area contributed by atoms with Crippen molar-refractivity contribution in [1.29, 1.82) is 0 Å². The number of nitrogens with zero attached hydrogens (tertiary/aromatic N) is 3. The molecule has 2 heterocycles. The number of rotatable bonds is 82. The summed E-state index contributed by atoms with van der Waals surface area (Å²) in [6.45, 7) is 29.6. The Labute approximate surface area is 674 Å². The van der Waals surface area contributed by atoms with Crippen molar-refractivity contribution in [3.63, 3.8) is 0 Å². The molecule has 2 aromatic heterocycles. The van der Waals surface area contributed by atoms with Gasteiger partial charge in [0.1, 0.15) is 23.5 Å². The lowest BCUT2D eigenvalue weighted by molar-refractivity contribution is -0.0621. The van der Waals surface area contributed by atoms with Crippen molar-refractivity contribution in [2.24, 2.45) is 0 Å². The number of hydrogen-bond donors (Lipinski definition) is 2. The first-order valence-electron chi connectivity index (χ1n) is 40.3. The van der Waals surface area contributed by atoms with Crippen LogP contribution in [0.1, 0.15) is 43.3 Å². The summed E-state index contributed by atoms with van der Waals surface area (Å²) >= 11 is 0. The van der Waals surface area contributed by atoms with Gasteiger partial charge in [-0.1, -0.05) is 109 Å². The molecule has 0 aliphatic carbocycles. The van der Waals surface area contributed by atoms with E-state index in [1.165, 1.54) is 0 Å². The van der Waals surface area contributed by atoms with Crippen LogP contribution >= 0.6 is 0 Å². The highest BCUT2D eigenvalue weighted by Gasteiger charge is 2.38. The van der Waals surface area contributed by atoms with Crippen molar-refractivity contribution in [3.05, 3.63) is 138 Å². The first kappa shape index (κ1) is 97.4. The van der Waals surface area contributed by atoms with Crippen molar-refractivity contribution in [2.75, 3.05) is 329 Å². The highest BCUT2D eigenvalue weighted by molar-refractivity contribution is 6.07. The van der Waals surface area contributed by atoms with Gasteiger partial charge in [-0.25, -0.2) is 9.97 Å². The SMILES string of the molecule is CCOCc1nc2c(NC(c3ccccc3)(c3ccccc3)c3ccccc3)nc3ccccc3c2n1CC(C)(C)OCCOCCOCCOCCOCCOCCOCCOCCOCCOCCOCCOCCOCCOCCOCCOCCOCCOCCOCCOCCOCCOCCOCCOCCO. The molecule has 30 nitrogen and oxygen atoms in total. The fourth-order valence-corrected chi connectivity index (χ4v) is 11.2. The van der Waals surface area contributed by atoms with Gasteiger partial charge in [0.05, 0.1) is 340 Å². The second-order valence-electron chi connectivity index (χ2n) is 25.8. The third-order valence-electron chi connectivity index (χ3n) is 16.7. The molecule has 644 valence electrons. The highest BCUT2D eigenvalue weighted by atomic mass is 16.6. The smallest absolute Gasteiger partial charge is 0.156 e. The third-order valence-corrected chi connectivity index (χ3v) is 16.7. The number of aliphatic hydroxyl groups is 1. The van der Waals surface area contributed by atoms with Crippen LogP contribution in [0.25, 0.3) is 21.9 Å². The number of aromatic nitrogens is 3. The minimum absolute atomic E-state index is 0.0156. The molecule has 6 rings (SSSR count). The van der Waals surface area contributed by atoms with E-state index in [0.717, 1.165) is 44.5 Å². The topological polar surface area (TPSA) is 294 Å². The Bertz CT molecular complexity index is 3060. The summed E-state index contributed by atoms with van der Waals surface area (Å²) in [6, 6.07) is 39.8. The molecule has 0 saturated heterocycles. The number of ether oxygens (including phenoxy) is 25. The van der Waals surface area contributed by atoms with Crippen LogP contribution in [0.15, 0.2) is 115 Å². The summed E-state index contributed by atoms with van der Waals surface area (Å²) in [7, 11) is 0. The summed E-state index contributed by atoms with van der Waals surface area (Å²) in [4.78, 5) is 10.7. The Kier molecular flexibility index (Phi) is 57.6. The van der Waals surface area contributed by atoms with Gasteiger partial charge in [0.2, 0.25) is 0 Å².